The van der Waals surface area contributed by atoms with Gasteiger partial charge in [-0.15, -0.1) is 0 Å². The zero-order valence-corrected chi connectivity index (χ0v) is 19.9. The van der Waals surface area contributed by atoms with E-state index in [0.717, 1.165) is 49.6 Å². The lowest BCUT2D eigenvalue weighted by Gasteiger charge is -2.40. The highest BCUT2D eigenvalue weighted by Gasteiger charge is 2.53. The summed E-state index contributed by atoms with van der Waals surface area (Å²) in [6, 6.07) is 29.1. The average Bonchev–Trinajstić information content (AvgIpc) is 3.43. The highest BCUT2D eigenvalue weighted by Crippen LogP contribution is 2.60. The van der Waals surface area contributed by atoms with Gasteiger partial charge in [-0.2, -0.15) is 0 Å². The molecule has 1 N–H and O–H groups in total. The molecule has 1 saturated heterocycles. The number of anilines is 1. The molecule has 2 aliphatic carbocycles. The van der Waals surface area contributed by atoms with Crippen molar-refractivity contribution in [3.05, 3.63) is 114 Å². The van der Waals surface area contributed by atoms with Crippen molar-refractivity contribution >= 4 is 5.95 Å². The van der Waals surface area contributed by atoms with Crippen molar-refractivity contribution in [3.8, 4) is 11.1 Å². The molecule has 1 fully saturated rings. The minimum absolute atomic E-state index is 0.147. The fraction of sp³-hybridized carbons (Fsp3) is 0.290. The highest BCUT2D eigenvalue weighted by atomic mass is 15.2. The Bertz CT molecular complexity index is 1290. The summed E-state index contributed by atoms with van der Waals surface area (Å²) in [7, 11) is 0. The molecule has 0 unspecified atom stereocenters. The zero-order chi connectivity index (χ0) is 23.2. The Balaban J connectivity index is 1.03. The van der Waals surface area contributed by atoms with Gasteiger partial charge in [0, 0.05) is 55.0 Å². The summed E-state index contributed by atoms with van der Waals surface area (Å²) in [4.78, 5) is 11.9. The van der Waals surface area contributed by atoms with Crippen LogP contribution in [0.15, 0.2) is 91.3 Å². The van der Waals surface area contributed by atoms with Crippen molar-refractivity contribution in [1.29, 1.82) is 0 Å². The molecule has 4 nitrogen and oxygen atoms in total. The smallest absolute Gasteiger partial charge is 0.222 e. The van der Waals surface area contributed by atoms with Crippen LogP contribution in [0.4, 0.5) is 5.95 Å². The van der Waals surface area contributed by atoms with Gasteiger partial charge in [-0.3, -0.25) is 0 Å². The number of rotatable bonds is 5. The van der Waals surface area contributed by atoms with Crippen LogP contribution in [0.1, 0.15) is 47.4 Å². The predicted molar refractivity (Wildman–Crippen MR) is 141 cm³/mol. The molecule has 3 aromatic carbocycles. The number of aromatic nitrogens is 2. The fourth-order valence-electron chi connectivity index (χ4n) is 6.79. The quantitative estimate of drug-likeness (QED) is 0.407. The van der Waals surface area contributed by atoms with E-state index in [4.69, 9.17) is 0 Å². The molecule has 0 radical (unpaired) electrons. The van der Waals surface area contributed by atoms with Gasteiger partial charge in [-0.25, -0.2) is 9.97 Å². The molecule has 7 rings (SSSR count). The maximum Gasteiger partial charge on any atom is 0.222 e. The third-order valence-electron chi connectivity index (χ3n) is 8.43. The monoisotopic (exact) mass is 458 g/mol. The van der Waals surface area contributed by atoms with Crippen LogP contribution in [0.5, 0.6) is 0 Å². The molecule has 4 heteroatoms. The first-order valence-electron chi connectivity index (χ1n) is 12.9. The van der Waals surface area contributed by atoms with Gasteiger partial charge < -0.3 is 10.2 Å². The number of benzene rings is 3. The lowest BCUT2D eigenvalue weighted by atomic mass is 9.74. The first kappa shape index (κ1) is 20.8. The standard InChI is InChI=1S/C31H30N4/c1-2-8-22(9-3-1)23-19-32-30(33-20-23)34-24-14-16-35(17-15-24)21-31-18-27(25-10-4-6-12-28(25)31)26-11-5-7-13-29(26)31/h1-13,19-20,24,27H,14-18,21H2,(H,32,33,34). The largest absolute Gasteiger partial charge is 0.351 e. The van der Waals surface area contributed by atoms with E-state index in [-0.39, 0.29) is 5.41 Å². The molecular weight excluding hydrogens is 428 g/mol. The molecule has 0 atom stereocenters. The maximum absolute atomic E-state index is 4.60. The van der Waals surface area contributed by atoms with Crippen molar-refractivity contribution in [2.24, 2.45) is 0 Å². The number of hydrogen-bond acceptors (Lipinski definition) is 4. The Morgan fingerprint density at radius 1 is 0.743 bits per heavy atom. The molecular formula is C31H30N4. The van der Waals surface area contributed by atoms with Crippen LogP contribution in [0.3, 0.4) is 0 Å². The molecule has 35 heavy (non-hydrogen) atoms. The molecule has 1 aromatic heterocycles. The number of hydrogen-bond donors (Lipinski definition) is 1. The average molecular weight is 459 g/mol. The van der Waals surface area contributed by atoms with Crippen LogP contribution in [-0.2, 0) is 5.41 Å². The van der Waals surface area contributed by atoms with E-state index in [2.05, 4.69) is 80.8 Å². The van der Waals surface area contributed by atoms with Crippen molar-refractivity contribution in [3.63, 3.8) is 0 Å². The molecule has 0 amide bonds. The Kier molecular flexibility index (Phi) is 4.95. The number of likely N-dealkylation sites (tertiary alicyclic amines) is 1. The van der Waals surface area contributed by atoms with E-state index in [9.17, 15) is 0 Å². The van der Waals surface area contributed by atoms with Gasteiger partial charge in [0.2, 0.25) is 5.95 Å². The van der Waals surface area contributed by atoms with Crippen LogP contribution >= 0.6 is 0 Å². The fourth-order valence-corrected chi connectivity index (χ4v) is 6.79. The summed E-state index contributed by atoms with van der Waals surface area (Å²) in [5.74, 6) is 1.30. The lowest BCUT2D eigenvalue weighted by Crippen LogP contribution is -2.46. The molecule has 2 bridgehead atoms. The molecule has 3 aliphatic rings. The van der Waals surface area contributed by atoms with Crippen LogP contribution in [0.2, 0.25) is 0 Å². The van der Waals surface area contributed by atoms with E-state index in [1.807, 2.05) is 30.6 Å². The summed E-state index contributed by atoms with van der Waals surface area (Å²) >= 11 is 0. The Morgan fingerprint density at radius 3 is 2.00 bits per heavy atom. The molecule has 174 valence electrons. The summed E-state index contributed by atoms with van der Waals surface area (Å²) < 4.78 is 0. The van der Waals surface area contributed by atoms with Gasteiger partial charge in [0.25, 0.3) is 0 Å². The van der Waals surface area contributed by atoms with Gasteiger partial charge >= 0.3 is 0 Å². The molecule has 1 aliphatic heterocycles. The second-order valence-electron chi connectivity index (χ2n) is 10.4. The van der Waals surface area contributed by atoms with Crippen molar-refractivity contribution in [2.75, 3.05) is 25.0 Å². The normalized spacial score (nSPS) is 23.1. The topological polar surface area (TPSA) is 41.1 Å². The number of nitrogens with one attached hydrogen (secondary N) is 1. The second-order valence-corrected chi connectivity index (χ2v) is 10.4. The third kappa shape index (κ3) is 3.47. The number of fused-ring (bicyclic) bond motifs is 8. The summed E-state index contributed by atoms with van der Waals surface area (Å²) in [5, 5.41) is 3.59. The Morgan fingerprint density at radius 2 is 1.34 bits per heavy atom. The van der Waals surface area contributed by atoms with E-state index in [0.29, 0.717) is 12.0 Å². The summed E-state index contributed by atoms with van der Waals surface area (Å²) in [5.41, 5.74) is 8.59. The van der Waals surface area contributed by atoms with Gasteiger partial charge in [-0.1, -0.05) is 78.9 Å². The molecule has 0 saturated carbocycles. The van der Waals surface area contributed by atoms with Gasteiger partial charge in [0.1, 0.15) is 0 Å². The first-order chi connectivity index (χ1) is 17.3. The summed E-state index contributed by atoms with van der Waals surface area (Å²) in [6.07, 6.45) is 7.31. The predicted octanol–water partition coefficient (Wildman–Crippen LogP) is 5.86. The SMILES string of the molecule is c1ccc(-c2cnc(NC3CCN(CC45CC(c6ccccc64)c4ccccc45)CC3)nc2)cc1. The molecule has 4 aromatic rings. The van der Waals surface area contributed by atoms with Crippen LogP contribution < -0.4 is 5.32 Å². The van der Waals surface area contributed by atoms with Gasteiger partial charge in [-0.05, 0) is 47.1 Å². The van der Waals surface area contributed by atoms with Crippen LogP contribution in [0.25, 0.3) is 11.1 Å². The van der Waals surface area contributed by atoms with Crippen molar-refractivity contribution in [1.82, 2.24) is 14.9 Å². The molecule has 0 spiro atoms. The highest BCUT2D eigenvalue weighted by molar-refractivity contribution is 5.63. The minimum Gasteiger partial charge on any atom is -0.351 e. The lowest BCUT2D eigenvalue weighted by molar-refractivity contribution is 0.186. The molecule has 2 heterocycles. The maximum atomic E-state index is 4.60. The Labute approximate surface area is 207 Å². The van der Waals surface area contributed by atoms with Gasteiger partial charge in [0.05, 0.1) is 0 Å². The van der Waals surface area contributed by atoms with E-state index >= 15 is 0 Å². The third-order valence-corrected chi connectivity index (χ3v) is 8.43. The number of piperidine rings is 1. The van der Waals surface area contributed by atoms with Crippen LogP contribution in [0, 0.1) is 0 Å². The van der Waals surface area contributed by atoms with Crippen molar-refractivity contribution < 1.29 is 0 Å². The van der Waals surface area contributed by atoms with Gasteiger partial charge in [0.15, 0.2) is 0 Å². The second kappa shape index (κ2) is 8.31. The first-order valence-corrected chi connectivity index (χ1v) is 12.9. The van der Waals surface area contributed by atoms with Crippen molar-refractivity contribution in [2.45, 2.75) is 36.6 Å². The summed E-state index contributed by atoms with van der Waals surface area (Å²) in [6.45, 7) is 3.33. The Hall–Kier alpha value is -3.50. The zero-order valence-electron chi connectivity index (χ0n) is 19.9. The van der Waals surface area contributed by atoms with Crippen LogP contribution in [-0.4, -0.2) is 40.5 Å². The van der Waals surface area contributed by atoms with E-state index < -0.39 is 0 Å². The van der Waals surface area contributed by atoms with E-state index in [1.165, 1.54) is 6.42 Å². The van der Waals surface area contributed by atoms with E-state index in [1.54, 1.807) is 22.3 Å². The minimum atomic E-state index is 0.147. The number of nitrogens with zero attached hydrogens (tertiary/aromatic N) is 3.